The molecule has 0 radical (unpaired) electrons. The summed E-state index contributed by atoms with van der Waals surface area (Å²) in [7, 11) is 0. The molecule has 0 amide bonds. The van der Waals surface area contributed by atoms with Gasteiger partial charge in [0.15, 0.2) is 0 Å². The minimum absolute atomic E-state index is 0.121. The van der Waals surface area contributed by atoms with Crippen molar-refractivity contribution >= 4 is 11.3 Å². The van der Waals surface area contributed by atoms with Gasteiger partial charge >= 0.3 is 0 Å². The normalized spacial score (nSPS) is 17.7. The van der Waals surface area contributed by atoms with Gasteiger partial charge in [-0.2, -0.15) is 0 Å². The van der Waals surface area contributed by atoms with Crippen molar-refractivity contribution < 1.29 is 9.15 Å². The smallest absolute Gasteiger partial charge is 0.143 e. The van der Waals surface area contributed by atoms with Gasteiger partial charge in [0.25, 0.3) is 0 Å². The molecule has 3 aromatic rings. The van der Waals surface area contributed by atoms with Crippen LogP contribution >= 0.6 is 11.3 Å². The molecule has 1 aliphatic heterocycles. The molecule has 0 bridgehead atoms. The SMILES string of the molecule is c1cnc(-c2nc(CNCc3ccc(C4CCCCO4)o3)cs2)cn1. The first-order chi connectivity index (χ1) is 12.4. The van der Waals surface area contributed by atoms with Gasteiger partial charge in [-0.25, -0.2) is 4.98 Å². The molecular formula is C18H20N4O2S. The van der Waals surface area contributed by atoms with Gasteiger partial charge in [0.2, 0.25) is 0 Å². The van der Waals surface area contributed by atoms with Crippen molar-refractivity contribution in [2.75, 3.05) is 6.61 Å². The molecule has 0 aromatic carbocycles. The molecule has 4 heterocycles. The summed E-state index contributed by atoms with van der Waals surface area (Å²) >= 11 is 1.58. The van der Waals surface area contributed by atoms with Crippen LogP contribution in [-0.2, 0) is 17.8 Å². The molecule has 0 saturated carbocycles. The van der Waals surface area contributed by atoms with Gasteiger partial charge in [0, 0.05) is 30.9 Å². The van der Waals surface area contributed by atoms with Crippen molar-refractivity contribution in [1.82, 2.24) is 20.3 Å². The second-order valence-corrected chi connectivity index (χ2v) is 6.86. The Morgan fingerprint density at radius 3 is 3.04 bits per heavy atom. The van der Waals surface area contributed by atoms with E-state index in [4.69, 9.17) is 9.15 Å². The number of hydrogen-bond donors (Lipinski definition) is 1. The van der Waals surface area contributed by atoms with Crippen LogP contribution in [0.15, 0.2) is 40.5 Å². The van der Waals surface area contributed by atoms with Crippen LogP contribution < -0.4 is 5.32 Å². The maximum absolute atomic E-state index is 5.91. The van der Waals surface area contributed by atoms with Crippen LogP contribution in [0.5, 0.6) is 0 Å². The Kier molecular flexibility index (Phi) is 5.15. The average molecular weight is 356 g/mol. The van der Waals surface area contributed by atoms with Gasteiger partial charge in [0.05, 0.1) is 18.4 Å². The van der Waals surface area contributed by atoms with Crippen molar-refractivity contribution in [3.05, 3.63) is 53.3 Å². The number of nitrogens with zero attached hydrogens (tertiary/aromatic N) is 3. The molecule has 25 heavy (non-hydrogen) atoms. The lowest BCUT2D eigenvalue weighted by Crippen LogP contribution is -2.13. The first-order valence-corrected chi connectivity index (χ1v) is 9.38. The van der Waals surface area contributed by atoms with E-state index in [1.54, 1.807) is 29.9 Å². The average Bonchev–Trinajstić information content (AvgIpc) is 3.33. The fraction of sp³-hybridized carbons (Fsp3) is 0.389. The molecule has 130 valence electrons. The number of rotatable bonds is 6. The fourth-order valence-corrected chi connectivity index (χ4v) is 3.64. The summed E-state index contributed by atoms with van der Waals surface area (Å²) in [5.41, 5.74) is 1.80. The predicted octanol–water partition coefficient (Wildman–Crippen LogP) is 3.72. The van der Waals surface area contributed by atoms with Crippen LogP contribution in [0.25, 0.3) is 10.7 Å². The van der Waals surface area contributed by atoms with E-state index in [1.807, 2.05) is 17.5 Å². The second-order valence-electron chi connectivity index (χ2n) is 6.00. The maximum atomic E-state index is 5.91. The van der Waals surface area contributed by atoms with Crippen molar-refractivity contribution in [2.45, 2.75) is 38.5 Å². The van der Waals surface area contributed by atoms with Gasteiger partial charge in [-0.3, -0.25) is 9.97 Å². The molecule has 1 atom stereocenters. The van der Waals surface area contributed by atoms with E-state index >= 15 is 0 Å². The largest absolute Gasteiger partial charge is 0.462 e. The Morgan fingerprint density at radius 2 is 2.20 bits per heavy atom. The minimum atomic E-state index is 0.121. The highest BCUT2D eigenvalue weighted by Crippen LogP contribution is 2.29. The molecule has 1 saturated heterocycles. The molecule has 1 fully saturated rings. The Bertz CT molecular complexity index is 796. The molecule has 3 aromatic heterocycles. The van der Waals surface area contributed by atoms with Crippen LogP contribution in [0.3, 0.4) is 0 Å². The van der Waals surface area contributed by atoms with E-state index in [2.05, 4.69) is 20.3 Å². The Hall–Kier alpha value is -2.09. The highest BCUT2D eigenvalue weighted by molar-refractivity contribution is 7.13. The first-order valence-electron chi connectivity index (χ1n) is 8.50. The minimum Gasteiger partial charge on any atom is -0.462 e. The lowest BCUT2D eigenvalue weighted by Gasteiger charge is -2.20. The standard InChI is InChI=1S/C18H20N4O2S/c1-2-8-23-16(3-1)17-5-4-14(24-17)10-20-9-13-12-25-18(22-13)15-11-19-6-7-21-15/h4-7,11-12,16,20H,1-3,8-10H2. The van der Waals surface area contributed by atoms with E-state index in [1.165, 1.54) is 6.42 Å². The Morgan fingerprint density at radius 1 is 1.20 bits per heavy atom. The Balaban J connectivity index is 1.29. The van der Waals surface area contributed by atoms with E-state index in [0.29, 0.717) is 13.1 Å². The van der Waals surface area contributed by atoms with Gasteiger partial charge < -0.3 is 14.5 Å². The number of aromatic nitrogens is 3. The first kappa shape index (κ1) is 16.4. The molecule has 1 unspecified atom stereocenters. The van der Waals surface area contributed by atoms with E-state index in [0.717, 1.165) is 47.4 Å². The molecule has 6 nitrogen and oxygen atoms in total. The van der Waals surface area contributed by atoms with Crippen molar-refractivity contribution in [1.29, 1.82) is 0 Å². The molecule has 7 heteroatoms. The van der Waals surface area contributed by atoms with Crippen LogP contribution in [0.2, 0.25) is 0 Å². The molecule has 0 spiro atoms. The summed E-state index contributed by atoms with van der Waals surface area (Å²) in [6.45, 7) is 2.19. The van der Waals surface area contributed by atoms with Gasteiger partial charge in [-0.1, -0.05) is 0 Å². The van der Waals surface area contributed by atoms with E-state index < -0.39 is 0 Å². The number of nitrogens with one attached hydrogen (secondary N) is 1. The fourth-order valence-electron chi connectivity index (χ4n) is 2.86. The maximum Gasteiger partial charge on any atom is 0.143 e. The van der Waals surface area contributed by atoms with E-state index in [-0.39, 0.29) is 6.10 Å². The second kappa shape index (κ2) is 7.86. The zero-order chi connectivity index (χ0) is 16.9. The molecule has 0 aliphatic carbocycles. The number of thiazole rings is 1. The third-order valence-electron chi connectivity index (χ3n) is 4.12. The summed E-state index contributed by atoms with van der Waals surface area (Å²) in [6.07, 6.45) is 8.59. The van der Waals surface area contributed by atoms with Crippen LogP contribution in [-0.4, -0.2) is 21.6 Å². The quantitative estimate of drug-likeness (QED) is 0.725. The zero-order valence-electron chi connectivity index (χ0n) is 13.9. The monoisotopic (exact) mass is 356 g/mol. The number of furan rings is 1. The Labute approximate surface area is 150 Å². The van der Waals surface area contributed by atoms with Crippen molar-refractivity contribution in [3.63, 3.8) is 0 Å². The lowest BCUT2D eigenvalue weighted by atomic mass is 10.1. The third kappa shape index (κ3) is 4.12. The van der Waals surface area contributed by atoms with Crippen LogP contribution in [0, 0.1) is 0 Å². The van der Waals surface area contributed by atoms with Gasteiger partial charge in [-0.05, 0) is 31.4 Å². The summed E-state index contributed by atoms with van der Waals surface area (Å²) in [5, 5.41) is 6.30. The topological polar surface area (TPSA) is 73.1 Å². The van der Waals surface area contributed by atoms with Gasteiger partial charge in [-0.15, -0.1) is 11.3 Å². The third-order valence-corrected chi connectivity index (χ3v) is 5.03. The molecule has 1 N–H and O–H groups in total. The summed E-state index contributed by atoms with van der Waals surface area (Å²) < 4.78 is 11.7. The highest BCUT2D eigenvalue weighted by atomic mass is 32.1. The summed E-state index contributed by atoms with van der Waals surface area (Å²) in [4.78, 5) is 12.9. The van der Waals surface area contributed by atoms with Gasteiger partial charge in [0.1, 0.15) is 28.3 Å². The highest BCUT2D eigenvalue weighted by Gasteiger charge is 2.19. The number of ether oxygens (including phenoxy) is 1. The lowest BCUT2D eigenvalue weighted by molar-refractivity contribution is 0.00122. The zero-order valence-corrected chi connectivity index (χ0v) is 14.7. The van der Waals surface area contributed by atoms with Crippen molar-refractivity contribution in [3.8, 4) is 10.7 Å². The van der Waals surface area contributed by atoms with E-state index in [9.17, 15) is 0 Å². The predicted molar refractivity (Wildman–Crippen MR) is 94.9 cm³/mol. The molecule has 1 aliphatic rings. The van der Waals surface area contributed by atoms with Crippen LogP contribution in [0.1, 0.15) is 42.6 Å². The van der Waals surface area contributed by atoms with Crippen LogP contribution in [0.4, 0.5) is 0 Å². The van der Waals surface area contributed by atoms with Crippen molar-refractivity contribution in [2.24, 2.45) is 0 Å². The summed E-state index contributed by atoms with van der Waals surface area (Å²) in [6, 6.07) is 4.05. The molecule has 4 rings (SSSR count). The summed E-state index contributed by atoms with van der Waals surface area (Å²) in [5.74, 6) is 1.86. The number of hydrogen-bond acceptors (Lipinski definition) is 7. The molecular weight excluding hydrogens is 336 g/mol.